The Labute approximate surface area is 63.8 Å². The third-order valence-electron chi connectivity index (χ3n) is 1.54. The molecule has 0 saturated heterocycles. The Bertz CT molecular complexity index is 119. The van der Waals surface area contributed by atoms with E-state index in [1.54, 1.807) is 0 Å². The van der Waals surface area contributed by atoms with Crippen LogP contribution in [0.2, 0.25) is 0 Å². The van der Waals surface area contributed by atoms with E-state index in [2.05, 4.69) is 6.58 Å². The van der Waals surface area contributed by atoms with Crippen molar-refractivity contribution in [3.8, 4) is 0 Å². The largest absolute Gasteiger partial charge is 0.392 e. The second-order valence-electron chi connectivity index (χ2n) is 4.04. The van der Waals surface area contributed by atoms with Gasteiger partial charge in [0.15, 0.2) is 0 Å². The Morgan fingerprint density at radius 1 is 1.50 bits per heavy atom. The van der Waals surface area contributed by atoms with Crippen molar-refractivity contribution in [1.29, 1.82) is 0 Å². The van der Waals surface area contributed by atoms with E-state index in [-0.39, 0.29) is 11.5 Å². The van der Waals surface area contributed by atoms with Crippen molar-refractivity contribution in [2.45, 2.75) is 40.2 Å². The van der Waals surface area contributed by atoms with Crippen LogP contribution in [0.15, 0.2) is 12.2 Å². The van der Waals surface area contributed by atoms with Crippen molar-refractivity contribution < 1.29 is 5.11 Å². The minimum Gasteiger partial charge on any atom is -0.392 e. The average molecular weight is 142 g/mol. The summed E-state index contributed by atoms with van der Waals surface area (Å²) in [5, 5.41) is 9.50. The molecule has 1 heteroatoms. The zero-order chi connectivity index (χ0) is 8.36. The van der Waals surface area contributed by atoms with Gasteiger partial charge in [0, 0.05) is 0 Å². The van der Waals surface area contributed by atoms with Gasteiger partial charge in [-0.3, -0.25) is 0 Å². The molecule has 0 aliphatic heterocycles. The Balaban J connectivity index is 3.85. The first kappa shape index (κ1) is 9.70. The minimum absolute atomic E-state index is 0.0149. The Morgan fingerprint density at radius 3 is 2.00 bits per heavy atom. The molecule has 0 aromatic heterocycles. The summed E-state index contributed by atoms with van der Waals surface area (Å²) in [6, 6.07) is 0. The number of aliphatic hydroxyl groups is 1. The van der Waals surface area contributed by atoms with Crippen molar-refractivity contribution in [2.24, 2.45) is 5.41 Å². The molecule has 0 aliphatic rings. The molecule has 1 nitrogen and oxygen atoms in total. The first-order chi connectivity index (χ1) is 4.34. The minimum atomic E-state index is -0.259. The summed E-state index contributed by atoms with van der Waals surface area (Å²) in [4.78, 5) is 0. The molecule has 0 heterocycles. The highest BCUT2D eigenvalue weighted by atomic mass is 16.3. The molecule has 1 N–H and O–H groups in total. The molecule has 10 heavy (non-hydrogen) atoms. The Morgan fingerprint density at radius 2 is 1.90 bits per heavy atom. The molecular weight excluding hydrogens is 124 g/mol. The van der Waals surface area contributed by atoms with Gasteiger partial charge < -0.3 is 5.11 Å². The van der Waals surface area contributed by atoms with Crippen molar-refractivity contribution in [2.75, 3.05) is 0 Å². The van der Waals surface area contributed by atoms with Crippen LogP contribution in [0.25, 0.3) is 0 Å². The summed E-state index contributed by atoms with van der Waals surface area (Å²) in [6.45, 7) is 11.8. The lowest BCUT2D eigenvalue weighted by Gasteiger charge is -2.25. The van der Waals surface area contributed by atoms with Crippen LogP contribution in [0.4, 0.5) is 0 Å². The van der Waals surface area contributed by atoms with Gasteiger partial charge in [0.25, 0.3) is 0 Å². The predicted molar refractivity (Wildman–Crippen MR) is 44.9 cm³/mol. The molecule has 0 rings (SSSR count). The molecule has 0 aliphatic carbocycles. The average Bonchev–Trinajstić information content (AvgIpc) is 1.60. The van der Waals surface area contributed by atoms with Crippen LogP contribution in [0.3, 0.4) is 0 Å². The van der Waals surface area contributed by atoms with E-state index >= 15 is 0 Å². The fourth-order valence-corrected chi connectivity index (χ4v) is 0.636. The predicted octanol–water partition coefficient (Wildman–Crippen LogP) is 2.36. The molecule has 1 unspecified atom stereocenters. The number of hydrogen-bond acceptors (Lipinski definition) is 1. The maximum Gasteiger partial charge on any atom is 0.0625 e. The highest BCUT2D eigenvalue weighted by Crippen LogP contribution is 2.23. The molecule has 0 radical (unpaired) electrons. The fraction of sp³-hybridized carbons (Fsp3) is 0.778. The van der Waals surface area contributed by atoms with E-state index in [0.29, 0.717) is 6.42 Å². The molecule has 0 aromatic rings. The highest BCUT2D eigenvalue weighted by Gasteiger charge is 2.21. The van der Waals surface area contributed by atoms with Crippen LogP contribution in [0.1, 0.15) is 34.1 Å². The summed E-state index contributed by atoms with van der Waals surface area (Å²) in [7, 11) is 0. The van der Waals surface area contributed by atoms with Gasteiger partial charge in [-0.15, -0.1) is 6.58 Å². The number of aliphatic hydroxyl groups excluding tert-OH is 1. The number of hydrogen-bond donors (Lipinski definition) is 1. The lowest BCUT2D eigenvalue weighted by Crippen LogP contribution is -2.25. The van der Waals surface area contributed by atoms with Crippen LogP contribution in [-0.2, 0) is 0 Å². The van der Waals surface area contributed by atoms with Gasteiger partial charge in [-0.1, -0.05) is 26.3 Å². The van der Waals surface area contributed by atoms with Crippen LogP contribution in [-0.4, -0.2) is 11.2 Å². The first-order valence-corrected chi connectivity index (χ1v) is 3.66. The summed E-state index contributed by atoms with van der Waals surface area (Å²) >= 11 is 0. The van der Waals surface area contributed by atoms with E-state index in [9.17, 15) is 5.11 Å². The number of rotatable bonds is 2. The van der Waals surface area contributed by atoms with E-state index in [1.165, 1.54) is 0 Å². The third-order valence-corrected chi connectivity index (χ3v) is 1.54. The Kier molecular flexibility index (Phi) is 3.10. The summed E-state index contributed by atoms with van der Waals surface area (Å²) < 4.78 is 0. The summed E-state index contributed by atoms with van der Waals surface area (Å²) in [5.74, 6) is 0. The summed E-state index contributed by atoms with van der Waals surface area (Å²) in [6.07, 6.45) is 0.453. The normalized spacial score (nSPS) is 14.9. The van der Waals surface area contributed by atoms with Gasteiger partial charge in [0.1, 0.15) is 0 Å². The van der Waals surface area contributed by atoms with Crippen molar-refractivity contribution in [1.82, 2.24) is 0 Å². The lowest BCUT2D eigenvalue weighted by atomic mass is 9.86. The molecule has 60 valence electrons. The fourth-order valence-electron chi connectivity index (χ4n) is 0.636. The topological polar surface area (TPSA) is 20.2 Å². The van der Waals surface area contributed by atoms with Crippen LogP contribution >= 0.6 is 0 Å². The van der Waals surface area contributed by atoms with Crippen LogP contribution < -0.4 is 0 Å². The third kappa shape index (κ3) is 3.67. The van der Waals surface area contributed by atoms with E-state index in [4.69, 9.17) is 0 Å². The van der Waals surface area contributed by atoms with Crippen molar-refractivity contribution in [3.63, 3.8) is 0 Å². The van der Waals surface area contributed by atoms with E-state index in [1.807, 2.05) is 27.7 Å². The van der Waals surface area contributed by atoms with E-state index < -0.39 is 0 Å². The molecule has 0 fully saturated rings. The maximum absolute atomic E-state index is 9.50. The molecule has 0 saturated carbocycles. The first-order valence-electron chi connectivity index (χ1n) is 3.66. The summed E-state index contributed by atoms with van der Waals surface area (Å²) in [5.41, 5.74) is 1.03. The Hall–Kier alpha value is -0.300. The van der Waals surface area contributed by atoms with Crippen LogP contribution in [0, 0.1) is 5.41 Å². The molecule has 0 bridgehead atoms. The molecule has 0 spiro atoms. The SMILES string of the molecule is C=C(C)CC(O)C(C)(C)C. The van der Waals surface area contributed by atoms with Gasteiger partial charge in [0.05, 0.1) is 6.10 Å². The van der Waals surface area contributed by atoms with Gasteiger partial charge >= 0.3 is 0 Å². The zero-order valence-electron chi connectivity index (χ0n) is 7.44. The molecular formula is C9H18O. The monoisotopic (exact) mass is 142 g/mol. The van der Waals surface area contributed by atoms with Gasteiger partial charge in [-0.05, 0) is 18.8 Å². The maximum atomic E-state index is 9.50. The zero-order valence-corrected chi connectivity index (χ0v) is 7.44. The molecule has 0 aromatic carbocycles. The van der Waals surface area contributed by atoms with Crippen LogP contribution in [0.5, 0.6) is 0 Å². The highest BCUT2D eigenvalue weighted by molar-refractivity contribution is 4.93. The van der Waals surface area contributed by atoms with Gasteiger partial charge in [-0.25, -0.2) is 0 Å². The second-order valence-corrected chi connectivity index (χ2v) is 4.04. The van der Waals surface area contributed by atoms with E-state index in [0.717, 1.165) is 5.57 Å². The quantitative estimate of drug-likeness (QED) is 0.587. The lowest BCUT2D eigenvalue weighted by molar-refractivity contribution is 0.0637. The molecule has 1 atom stereocenters. The van der Waals surface area contributed by atoms with Gasteiger partial charge in [0.2, 0.25) is 0 Å². The van der Waals surface area contributed by atoms with Crippen molar-refractivity contribution in [3.05, 3.63) is 12.2 Å². The van der Waals surface area contributed by atoms with Gasteiger partial charge in [-0.2, -0.15) is 0 Å². The standard InChI is InChI=1S/C9H18O/c1-7(2)6-8(10)9(3,4)5/h8,10H,1,6H2,2-5H3. The van der Waals surface area contributed by atoms with Crippen molar-refractivity contribution >= 4 is 0 Å². The molecule has 0 amide bonds. The smallest absolute Gasteiger partial charge is 0.0625 e. The second kappa shape index (κ2) is 3.20.